The molecule has 0 fully saturated rings. The fourth-order valence-corrected chi connectivity index (χ4v) is 1.78. The van der Waals surface area contributed by atoms with E-state index in [1.165, 1.54) is 0 Å². The van der Waals surface area contributed by atoms with Gasteiger partial charge in [-0.15, -0.1) is 0 Å². The highest BCUT2D eigenvalue weighted by molar-refractivity contribution is 6.31. The van der Waals surface area contributed by atoms with Crippen molar-refractivity contribution in [3.63, 3.8) is 0 Å². The molecule has 0 aliphatic rings. The molecule has 0 spiro atoms. The summed E-state index contributed by atoms with van der Waals surface area (Å²) in [6.07, 6.45) is -0.612. The van der Waals surface area contributed by atoms with Crippen LogP contribution in [0, 0.1) is 5.41 Å². The van der Waals surface area contributed by atoms with E-state index in [0.29, 0.717) is 10.8 Å². The summed E-state index contributed by atoms with van der Waals surface area (Å²) in [4.78, 5) is 0. The van der Waals surface area contributed by atoms with Gasteiger partial charge in [0.15, 0.2) is 0 Å². The van der Waals surface area contributed by atoms with Gasteiger partial charge in [0.05, 0.1) is 0 Å². The van der Waals surface area contributed by atoms with E-state index in [4.69, 9.17) is 16.0 Å². The summed E-state index contributed by atoms with van der Waals surface area (Å²) in [5, 5.41) is 11.7. The standard InChI is InChI=1S/C13H15ClO2/c1-13(2,3)12(15)11-7-8-6-9(14)4-5-10(8)16-11/h4-7,12,15H,1-3H3. The molecule has 0 bridgehead atoms. The third-order valence-corrected chi connectivity index (χ3v) is 2.82. The van der Waals surface area contributed by atoms with Gasteiger partial charge in [-0.05, 0) is 29.7 Å². The Balaban J connectivity index is 2.47. The molecule has 0 amide bonds. The molecule has 16 heavy (non-hydrogen) atoms. The second kappa shape index (κ2) is 3.79. The SMILES string of the molecule is CC(C)(C)C(O)c1cc2cc(Cl)ccc2o1. The summed E-state index contributed by atoms with van der Waals surface area (Å²) in [7, 11) is 0. The van der Waals surface area contributed by atoms with Crippen LogP contribution in [-0.4, -0.2) is 5.11 Å². The maximum atomic E-state index is 10.1. The lowest BCUT2D eigenvalue weighted by Gasteiger charge is -2.23. The molecule has 1 N–H and O–H groups in total. The van der Waals surface area contributed by atoms with Crippen LogP contribution in [0.4, 0.5) is 0 Å². The topological polar surface area (TPSA) is 33.4 Å². The number of aliphatic hydroxyl groups is 1. The van der Waals surface area contributed by atoms with Crippen LogP contribution >= 0.6 is 11.6 Å². The molecule has 2 aromatic rings. The molecule has 2 rings (SSSR count). The van der Waals surface area contributed by atoms with E-state index in [1.807, 2.05) is 39.0 Å². The first-order valence-corrected chi connectivity index (χ1v) is 5.63. The molecule has 0 saturated carbocycles. The minimum absolute atomic E-state index is 0.238. The number of hydrogen-bond acceptors (Lipinski definition) is 2. The lowest BCUT2D eigenvalue weighted by Crippen LogP contribution is -2.16. The Morgan fingerprint density at radius 2 is 1.94 bits per heavy atom. The first-order chi connectivity index (χ1) is 7.38. The van der Waals surface area contributed by atoms with Gasteiger partial charge in [0, 0.05) is 10.4 Å². The normalized spacial score (nSPS) is 14.3. The second-order valence-corrected chi connectivity index (χ2v) is 5.54. The van der Waals surface area contributed by atoms with Crippen LogP contribution in [0.3, 0.4) is 0 Å². The van der Waals surface area contributed by atoms with Gasteiger partial charge in [0.1, 0.15) is 17.4 Å². The van der Waals surface area contributed by atoms with Gasteiger partial charge in [-0.2, -0.15) is 0 Å². The fraction of sp³-hybridized carbons (Fsp3) is 0.385. The molecule has 0 radical (unpaired) electrons. The molecule has 0 aliphatic carbocycles. The highest BCUT2D eigenvalue weighted by Gasteiger charge is 2.26. The van der Waals surface area contributed by atoms with Crippen LogP contribution in [0.15, 0.2) is 28.7 Å². The maximum absolute atomic E-state index is 10.1. The number of furan rings is 1. The minimum Gasteiger partial charge on any atom is -0.458 e. The first kappa shape index (κ1) is 11.5. The molecular formula is C13H15ClO2. The third kappa shape index (κ3) is 2.08. The Labute approximate surface area is 99.8 Å². The minimum atomic E-state index is -0.612. The monoisotopic (exact) mass is 238 g/mol. The van der Waals surface area contributed by atoms with E-state index in [1.54, 1.807) is 6.07 Å². The van der Waals surface area contributed by atoms with Gasteiger partial charge in [-0.25, -0.2) is 0 Å². The third-order valence-electron chi connectivity index (χ3n) is 2.59. The number of benzene rings is 1. The largest absolute Gasteiger partial charge is 0.458 e. The van der Waals surface area contributed by atoms with E-state index in [9.17, 15) is 5.11 Å². The van der Waals surface area contributed by atoms with Crippen molar-refractivity contribution in [3.8, 4) is 0 Å². The van der Waals surface area contributed by atoms with Crippen LogP contribution < -0.4 is 0 Å². The van der Waals surface area contributed by atoms with Gasteiger partial charge in [-0.3, -0.25) is 0 Å². The number of rotatable bonds is 1. The zero-order valence-corrected chi connectivity index (χ0v) is 10.4. The van der Waals surface area contributed by atoms with E-state index in [2.05, 4.69) is 0 Å². The van der Waals surface area contributed by atoms with Crippen molar-refractivity contribution >= 4 is 22.6 Å². The molecule has 1 heterocycles. The van der Waals surface area contributed by atoms with Crippen LogP contribution in [-0.2, 0) is 0 Å². The molecule has 1 aromatic heterocycles. The van der Waals surface area contributed by atoms with Crippen LogP contribution in [0.1, 0.15) is 32.6 Å². The van der Waals surface area contributed by atoms with Gasteiger partial charge < -0.3 is 9.52 Å². The number of hydrogen-bond donors (Lipinski definition) is 1. The van der Waals surface area contributed by atoms with Crippen molar-refractivity contribution in [1.29, 1.82) is 0 Å². The second-order valence-electron chi connectivity index (χ2n) is 5.10. The molecule has 2 nitrogen and oxygen atoms in total. The highest BCUT2D eigenvalue weighted by Crippen LogP contribution is 2.35. The van der Waals surface area contributed by atoms with E-state index >= 15 is 0 Å². The molecule has 1 aromatic carbocycles. The molecule has 3 heteroatoms. The Kier molecular flexibility index (Phi) is 2.72. The Morgan fingerprint density at radius 1 is 1.25 bits per heavy atom. The highest BCUT2D eigenvalue weighted by atomic mass is 35.5. The van der Waals surface area contributed by atoms with E-state index in [0.717, 1.165) is 11.0 Å². The lowest BCUT2D eigenvalue weighted by molar-refractivity contribution is 0.0448. The lowest BCUT2D eigenvalue weighted by atomic mass is 9.88. The zero-order chi connectivity index (χ0) is 11.9. The molecular weight excluding hydrogens is 224 g/mol. The molecule has 86 valence electrons. The fourth-order valence-electron chi connectivity index (χ4n) is 1.60. The van der Waals surface area contributed by atoms with Gasteiger partial charge in [0.2, 0.25) is 0 Å². The number of aliphatic hydroxyl groups excluding tert-OH is 1. The summed E-state index contributed by atoms with van der Waals surface area (Å²) in [5.41, 5.74) is 0.514. The predicted molar refractivity (Wildman–Crippen MR) is 65.6 cm³/mol. The van der Waals surface area contributed by atoms with Crippen LogP contribution in [0.2, 0.25) is 5.02 Å². The van der Waals surface area contributed by atoms with Crippen molar-refractivity contribution in [2.75, 3.05) is 0 Å². The summed E-state index contributed by atoms with van der Waals surface area (Å²) in [6.45, 7) is 5.91. The summed E-state index contributed by atoms with van der Waals surface area (Å²) in [6, 6.07) is 7.27. The van der Waals surface area contributed by atoms with Gasteiger partial charge in [-0.1, -0.05) is 32.4 Å². The smallest absolute Gasteiger partial charge is 0.134 e. The van der Waals surface area contributed by atoms with Crippen molar-refractivity contribution in [2.24, 2.45) is 5.41 Å². The van der Waals surface area contributed by atoms with Crippen molar-refractivity contribution in [2.45, 2.75) is 26.9 Å². The van der Waals surface area contributed by atoms with Crippen molar-refractivity contribution in [3.05, 3.63) is 35.0 Å². The van der Waals surface area contributed by atoms with E-state index in [-0.39, 0.29) is 5.41 Å². The summed E-state index contributed by atoms with van der Waals surface area (Å²) < 4.78 is 5.60. The van der Waals surface area contributed by atoms with Crippen molar-refractivity contribution < 1.29 is 9.52 Å². The molecule has 1 unspecified atom stereocenters. The summed E-state index contributed by atoms with van der Waals surface area (Å²) >= 11 is 5.89. The van der Waals surface area contributed by atoms with E-state index < -0.39 is 6.10 Å². The Hall–Kier alpha value is -0.990. The molecule has 1 atom stereocenters. The Bertz CT molecular complexity index is 508. The van der Waals surface area contributed by atoms with Crippen molar-refractivity contribution in [1.82, 2.24) is 0 Å². The van der Waals surface area contributed by atoms with Gasteiger partial charge in [0.25, 0.3) is 0 Å². The number of fused-ring (bicyclic) bond motifs is 1. The average molecular weight is 239 g/mol. The quantitative estimate of drug-likeness (QED) is 0.809. The van der Waals surface area contributed by atoms with Gasteiger partial charge >= 0.3 is 0 Å². The predicted octanol–water partition coefficient (Wildman–Crippen LogP) is 4.17. The van der Waals surface area contributed by atoms with Crippen LogP contribution in [0.5, 0.6) is 0 Å². The summed E-state index contributed by atoms with van der Waals surface area (Å²) in [5.74, 6) is 0.588. The molecule has 0 aliphatic heterocycles. The zero-order valence-electron chi connectivity index (χ0n) is 9.62. The Morgan fingerprint density at radius 3 is 2.56 bits per heavy atom. The maximum Gasteiger partial charge on any atom is 0.134 e. The molecule has 0 saturated heterocycles. The average Bonchev–Trinajstić information content (AvgIpc) is 2.57. The number of halogens is 1. The van der Waals surface area contributed by atoms with Crippen LogP contribution in [0.25, 0.3) is 11.0 Å². The first-order valence-electron chi connectivity index (χ1n) is 5.25.